The Morgan fingerprint density at radius 3 is 2.57 bits per heavy atom. The van der Waals surface area contributed by atoms with E-state index in [1.54, 1.807) is 52.1 Å². The van der Waals surface area contributed by atoms with E-state index in [4.69, 9.17) is 4.74 Å². The van der Waals surface area contributed by atoms with Crippen LogP contribution in [0.5, 0.6) is 0 Å². The quantitative estimate of drug-likeness (QED) is 0.521. The van der Waals surface area contributed by atoms with Crippen LogP contribution in [0.25, 0.3) is 0 Å². The molecule has 23 heavy (non-hydrogen) atoms. The highest BCUT2D eigenvalue weighted by Gasteiger charge is 2.41. The highest BCUT2D eigenvalue weighted by atomic mass is 16.6. The summed E-state index contributed by atoms with van der Waals surface area (Å²) >= 11 is 0. The normalized spacial score (nSPS) is 18.0. The predicted octanol–water partition coefficient (Wildman–Crippen LogP) is 2.50. The maximum Gasteiger partial charge on any atom is 0.337 e. The summed E-state index contributed by atoms with van der Waals surface area (Å²) in [6.45, 7) is 6.78. The molecule has 7 nitrogen and oxygen atoms in total. The first kappa shape index (κ1) is 16.7. The molecule has 2 heterocycles. The van der Waals surface area contributed by atoms with E-state index < -0.39 is 16.8 Å². The van der Waals surface area contributed by atoms with Gasteiger partial charge in [0.05, 0.1) is 28.0 Å². The van der Waals surface area contributed by atoms with Crippen LogP contribution in [0.2, 0.25) is 0 Å². The van der Waals surface area contributed by atoms with Crippen LogP contribution in [0, 0.1) is 10.1 Å². The van der Waals surface area contributed by atoms with E-state index in [0.717, 1.165) is 0 Å². The van der Waals surface area contributed by atoms with Crippen LogP contribution < -0.4 is 5.32 Å². The fourth-order valence-electron chi connectivity index (χ4n) is 2.61. The number of nitro groups is 1. The van der Waals surface area contributed by atoms with Crippen LogP contribution >= 0.6 is 0 Å². The average Bonchev–Trinajstić information content (AvgIpc) is 2.45. The zero-order valence-electron chi connectivity index (χ0n) is 13.5. The molecule has 1 aromatic rings. The lowest BCUT2D eigenvalue weighted by atomic mass is 9.87. The molecule has 0 radical (unpaired) electrons. The fourth-order valence-corrected chi connectivity index (χ4v) is 2.61. The lowest BCUT2D eigenvalue weighted by Crippen LogP contribution is -2.32. The minimum absolute atomic E-state index is 0.0926. The van der Waals surface area contributed by atoms with Gasteiger partial charge in [-0.15, -0.1) is 0 Å². The van der Waals surface area contributed by atoms with Gasteiger partial charge in [-0.2, -0.15) is 0 Å². The molecule has 0 spiro atoms. The van der Waals surface area contributed by atoms with Crippen LogP contribution in [-0.2, 0) is 9.53 Å². The van der Waals surface area contributed by atoms with E-state index >= 15 is 0 Å². The van der Waals surface area contributed by atoms with Gasteiger partial charge < -0.3 is 10.1 Å². The molecule has 0 amide bonds. The third-order valence-electron chi connectivity index (χ3n) is 3.47. The predicted molar refractivity (Wildman–Crippen MR) is 83.7 cm³/mol. The molecule has 0 saturated heterocycles. The molecular weight excluding hydrogens is 298 g/mol. The lowest BCUT2D eigenvalue weighted by molar-refractivity contribution is -0.431. The van der Waals surface area contributed by atoms with E-state index in [9.17, 15) is 14.9 Å². The van der Waals surface area contributed by atoms with Gasteiger partial charge in [0, 0.05) is 11.9 Å². The van der Waals surface area contributed by atoms with Crippen molar-refractivity contribution in [3.8, 4) is 0 Å². The number of esters is 1. The molecule has 0 aliphatic carbocycles. The molecule has 7 heteroatoms. The van der Waals surface area contributed by atoms with Crippen molar-refractivity contribution in [2.75, 3.05) is 0 Å². The van der Waals surface area contributed by atoms with Crippen molar-refractivity contribution >= 4 is 5.97 Å². The topological polar surface area (TPSA) is 94.4 Å². The Morgan fingerprint density at radius 2 is 2.04 bits per heavy atom. The van der Waals surface area contributed by atoms with Crippen molar-refractivity contribution in [2.45, 2.75) is 39.7 Å². The Kier molecular flexibility index (Phi) is 4.78. The summed E-state index contributed by atoms with van der Waals surface area (Å²) < 4.78 is 5.27. The van der Waals surface area contributed by atoms with Crippen molar-refractivity contribution in [1.29, 1.82) is 0 Å². The highest BCUT2D eigenvalue weighted by molar-refractivity contribution is 5.92. The molecule has 1 atom stereocenters. The second kappa shape index (κ2) is 6.60. The Bertz CT molecular complexity index is 693. The molecule has 0 bridgehead atoms. The molecular formula is C16H19N3O4. The highest BCUT2D eigenvalue weighted by Crippen LogP contribution is 2.37. The van der Waals surface area contributed by atoms with Crippen molar-refractivity contribution in [3.05, 3.63) is 62.9 Å². The first-order chi connectivity index (χ1) is 10.8. The maximum atomic E-state index is 12.5. The first-order valence-electron chi connectivity index (χ1n) is 7.27. The van der Waals surface area contributed by atoms with Gasteiger partial charge in [0.25, 0.3) is 5.70 Å². The number of carbonyl (C=O) groups excluding carboxylic acids is 1. The Morgan fingerprint density at radius 1 is 1.35 bits per heavy atom. The third-order valence-corrected chi connectivity index (χ3v) is 3.47. The van der Waals surface area contributed by atoms with Crippen molar-refractivity contribution in [3.63, 3.8) is 0 Å². The number of nitrogens with zero attached hydrogens (tertiary/aromatic N) is 2. The number of ether oxygens (including phenoxy) is 1. The van der Waals surface area contributed by atoms with Gasteiger partial charge in [-0.05, 0) is 39.8 Å². The van der Waals surface area contributed by atoms with Gasteiger partial charge in [-0.25, -0.2) is 4.79 Å². The van der Waals surface area contributed by atoms with Crippen molar-refractivity contribution < 1.29 is 14.5 Å². The molecule has 2 rings (SSSR count). The number of aromatic nitrogens is 1. The SMILES string of the molecule is CC1=C(C(=O)OC(C)C)[C@@H](c2ccccn2)C([N+](=O)[O-])=C(C)N1. The largest absolute Gasteiger partial charge is 0.460 e. The van der Waals surface area contributed by atoms with Crippen LogP contribution in [0.15, 0.2) is 47.1 Å². The number of rotatable bonds is 4. The molecule has 122 valence electrons. The average molecular weight is 317 g/mol. The standard InChI is InChI=1S/C16H19N3O4/c1-9(2)23-16(20)13-10(3)18-11(4)15(19(21)22)14(13)12-7-5-6-8-17-12/h5-9,14,18H,1-4H3/t14-/m1/s1. The van der Waals surface area contributed by atoms with E-state index in [2.05, 4.69) is 10.3 Å². The molecule has 1 aliphatic rings. The molecule has 1 N–H and O–H groups in total. The summed E-state index contributed by atoms with van der Waals surface area (Å²) in [5, 5.41) is 14.5. The minimum atomic E-state index is -0.862. The summed E-state index contributed by atoms with van der Waals surface area (Å²) in [6.07, 6.45) is 1.23. The number of hydrogen-bond donors (Lipinski definition) is 1. The Hall–Kier alpha value is -2.70. The first-order valence-corrected chi connectivity index (χ1v) is 7.27. The van der Waals surface area contributed by atoms with Crippen LogP contribution in [0.3, 0.4) is 0 Å². The molecule has 0 saturated carbocycles. The van der Waals surface area contributed by atoms with Gasteiger partial charge >= 0.3 is 5.97 Å². The number of pyridine rings is 1. The molecule has 0 fully saturated rings. The molecule has 0 aromatic carbocycles. The summed E-state index contributed by atoms with van der Waals surface area (Å²) in [6, 6.07) is 5.12. The third kappa shape index (κ3) is 3.39. The number of dihydropyridines is 1. The van der Waals surface area contributed by atoms with E-state index in [1.165, 1.54) is 0 Å². The smallest absolute Gasteiger partial charge is 0.337 e. The van der Waals surface area contributed by atoms with E-state index in [0.29, 0.717) is 17.1 Å². The van der Waals surface area contributed by atoms with Crippen LogP contribution in [0.1, 0.15) is 39.3 Å². The second-order valence-electron chi connectivity index (χ2n) is 5.57. The van der Waals surface area contributed by atoms with E-state index in [1.807, 2.05) is 0 Å². The summed E-state index contributed by atoms with van der Waals surface area (Å²) in [5.41, 5.74) is 1.49. The van der Waals surface area contributed by atoms with Crippen LogP contribution in [0.4, 0.5) is 0 Å². The fraction of sp³-hybridized carbons (Fsp3) is 0.375. The van der Waals surface area contributed by atoms with Gasteiger partial charge in [0.15, 0.2) is 0 Å². The Balaban J connectivity index is 2.60. The second-order valence-corrected chi connectivity index (χ2v) is 5.57. The number of carbonyl (C=O) groups is 1. The molecule has 1 aromatic heterocycles. The zero-order chi connectivity index (χ0) is 17.1. The lowest BCUT2D eigenvalue weighted by Gasteiger charge is -2.26. The number of nitrogens with one attached hydrogen (secondary N) is 1. The van der Waals surface area contributed by atoms with E-state index in [-0.39, 0.29) is 17.4 Å². The summed E-state index contributed by atoms with van der Waals surface area (Å²) in [5.74, 6) is -1.44. The van der Waals surface area contributed by atoms with Crippen molar-refractivity contribution in [1.82, 2.24) is 10.3 Å². The molecule has 0 unspecified atom stereocenters. The molecule has 1 aliphatic heterocycles. The monoisotopic (exact) mass is 317 g/mol. The maximum absolute atomic E-state index is 12.5. The summed E-state index contributed by atoms with van der Waals surface area (Å²) in [4.78, 5) is 27.8. The number of hydrogen-bond acceptors (Lipinski definition) is 6. The van der Waals surface area contributed by atoms with Gasteiger partial charge in [-0.3, -0.25) is 15.1 Å². The zero-order valence-corrected chi connectivity index (χ0v) is 13.5. The van der Waals surface area contributed by atoms with Crippen LogP contribution in [-0.4, -0.2) is 22.0 Å². The minimum Gasteiger partial charge on any atom is -0.460 e. The van der Waals surface area contributed by atoms with Gasteiger partial charge in [0.2, 0.25) is 0 Å². The number of allylic oxidation sites excluding steroid dienone is 3. The van der Waals surface area contributed by atoms with Gasteiger partial charge in [-0.1, -0.05) is 6.07 Å². The van der Waals surface area contributed by atoms with Crippen molar-refractivity contribution in [2.24, 2.45) is 0 Å². The van der Waals surface area contributed by atoms with Gasteiger partial charge in [0.1, 0.15) is 5.92 Å². The Labute approximate surface area is 134 Å². The summed E-state index contributed by atoms with van der Waals surface area (Å²) in [7, 11) is 0.